The molecule has 6 heteroatoms. The van der Waals surface area contributed by atoms with E-state index in [4.69, 9.17) is 0 Å². The molecule has 0 unspecified atom stereocenters. The summed E-state index contributed by atoms with van der Waals surface area (Å²) >= 11 is 0. The summed E-state index contributed by atoms with van der Waals surface area (Å²) in [7, 11) is 0. The van der Waals surface area contributed by atoms with Crippen molar-refractivity contribution in [3.05, 3.63) is 52.6 Å². The van der Waals surface area contributed by atoms with Gasteiger partial charge in [-0.1, -0.05) is 24.6 Å². The lowest BCUT2D eigenvalue weighted by molar-refractivity contribution is -0.120. The van der Waals surface area contributed by atoms with E-state index < -0.39 is 0 Å². The van der Waals surface area contributed by atoms with Gasteiger partial charge in [-0.3, -0.25) is 14.4 Å². The second-order valence-electron chi connectivity index (χ2n) is 6.29. The van der Waals surface area contributed by atoms with Crippen LogP contribution in [0.25, 0.3) is 0 Å². The summed E-state index contributed by atoms with van der Waals surface area (Å²) in [5.41, 5.74) is 3.78. The lowest BCUT2D eigenvalue weighted by Gasteiger charge is -2.27. The van der Waals surface area contributed by atoms with Crippen LogP contribution in [0.3, 0.4) is 0 Å². The molecule has 0 saturated carbocycles. The van der Waals surface area contributed by atoms with Crippen LogP contribution in [0.15, 0.2) is 24.3 Å². The van der Waals surface area contributed by atoms with Gasteiger partial charge in [-0.05, 0) is 19.1 Å². The fourth-order valence-corrected chi connectivity index (χ4v) is 2.98. The Hall–Kier alpha value is -2.21. The third kappa shape index (κ3) is 3.82. The molecule has 0 spiro atoms. The van der Waals surface area contributed by atoms with Gasteiger partial charge in [-0.2, -0.15) is 5.10 Å². The Kier molecular flexibility index (Phi) is 4.94. The molecular weight excluding hydrogens is 307 g/mol. The van der Waals surface area contributed by atoms with Gasteiger partial charge in [-0.15, -0.1) is 0 Å². The SMILES string of the molecule is CCC(=O)NCc1cc2n(n1)CCN(Cc1cc(C)ccc1F)C2. The molecule has 0 saturated heterocycles. The third-order valence-electron chi connectivity index (χ3n) is 4.31. The van der Waals surface area contributed by atoms with Gasteiger partial charge in [0.05, 0.1) is 24.5 Å². The van der Waals surface area contributed by atoms with E-state index in [1.165, 1.54) is 6.07 Å². The average molecular weight is 330 g/mol. The van der Waals surface area contributed by atoms with E-state index >= 15 is 0 Å². The molecule has 2 aromatic rings. The Morgan fingerprint density at radius 3 is 2.96 bits per heavy atom. The van der Waals surface area contributed by atoms with Crippen molar-refractivity contribution >= 4 is 5.91 Å². The van der Waals surface area contributed by atoms with Crippen molar-refractivity contribution in [2.75, 3.05) is 6.54 Å². The lowest BCUT2D eigenvalue weighted by atomic mass is 10.1. The zero-order valence-corrected chi connectivity index (χ0v) is 14.2. The number of rotatable bonds is 5. The first-order valence-corrected chi connectivity index (χ1v) is 8.35. The summed E-state index contributed by atoms with van der Waals surface area (Å²) in [5, 5.41) is 7.38. The smallest absolute Gasteiger partial charge is 0.220 e. The van der Waals surface area contributed by atoms with E-state index in [1.807, 2.05) is 30.7 Å². The quantitative estimate of drug-likeness (QED) is 0.916. The number of hydrogen-bond acceptors (Lipinski definition) is 3. The van der Waals surface area contributed by atoms with Gasteiger partial charge < -0.3 is 5.32 Å². The summed E-state index contributed by atoms with van der Waals surface area (Å²) in [4.78, 5) is 13.6. The highest BCUT2D eigenvalue weighted by Crippen LogP contribution is 2.18. The van der Waals surface area contributed by atoms with Crippen molar-refractivity contribution in [1.82, 2.24) is 20.0 Å². The largest absolute Gasteiger partial charge is 0.350 e. The third-order valence-corrected chi connectivity index (χ3v) is 4.31. The van der Waals surface area contributed by atoms with Crippen LogP contribution in [0, 0.1) is 12.7 Å². The molecule has 1 aromatic carbocycles. The van der Waals surface area contributed by atoms with Crippen LogP contribution in [-0.4, -0.2) is 27.1 Å². The van der Waals surface area contributed by atoms with Gasteiger partial charge in [0.25, 0.3) is 0 Å². The van der Waals surface area contributed by atoms with Gasteiger partial charge in [0, 0.05) is 31.6 Å². The second kappa shape index (κ2) is 7.13. The molecule has 128 valence electrons. The molecule has 1 amide bonds. The van der Waals surface area contributed by atoms with E-state index in [1.54, 1.807) is 6.07 Å². The highest BCUT2D eigenvalue weighted by molar-refractivity contribution is 5.75. The number of aromatic nitrogens is 2. The number of aryl methyl sites for hydroxylation is 1. The monoisotopic (exact) mass is 330 g/mol. The van der Waals surface area contributed by atoms with E-state index in [0.29, 0.717) is 19.5 Å². The number of benzene rings is 1. The summed E-state index contributed by atoms with van der Waals surface area (Å²) < 4.78 is 15.9. The first-order valence-electron chi connectivity index (χ1n) is 8.35. The maximum absolute atomic E-state index is 13.9. The van der Waals surface area contributed by atoms with Crippen LogP contribution in [0.2, 0.25) is 0 Å². The highest BCUT2D eigenvalue weighted by Gasteiger charge is 2.19. The van der Waals surface area contributed by atoms with Crippen LogP contribution >= 0.6 is 0 Å². The minimum absolute atomic E-state index is 0.0255. The first-order chi connectivity index (χ1) is 11.5. The van der Waals surface area contributed by atoms with Crippen molar-refractivity contribution in [3.8, 4) is 0 Å². The minimum atomic E-state index is -0.150. The molecular formula is C18H23FN4O. The molecule has 24 heavy (non-hydrogen) atoms. The predicted octanol–water partition coefficient (Wildman–Crippen LogP) is 2.37. The fourth-order valence-electron chi connectivity index (χ4n) is 2.98. The zero-order valence-electron chi connectivity index (χ0n) is 14.2. The second-order valence-corrected chi connectivity index (χ2v) is 6.29. The van der Waals surface area contributed by atoms with Crippen LogP contribution in [-0.2, 0) is 31.0 Å². The van der Waals surface area contributed by atoms with Crippen molar-refractivity contribution in [1.29, 1.82) is 0 Å². The number of carbonyl (C=O) groups is 1. The van der Waals surface area contributed by atoms with Gasteiger partial charge in [-0.25, -0.2) is 4.39 Å². The Morgan fingerprint density at radius 2 is 2.17 bits per heavy atom. The number of amides is 1. The Morgan fingerprint density at radius 1 is 1.33 bits per heavy atom. The molecule has 0 radical (unpaired) electrons. The number of carbonyl (C=O) groups excluding carboxylic acids is 1. The maximum atomic E-state index is 13.9. The molecule has 0 aliphatic carbocycles. The van der Waals surface area contributed by atoms with Crippen LogP contribution in [0.5, 0.6) is 0 Å². The lowest BCUT2D eigenvalue weighted by Crippen LogP contribution is -2.33. The van der Waals surface area contributed by atoms with Crippen molar-refractivity contribution in [3.63, 3.8) is 0 Å². The molecule has 1 aliphatic heterocycles. The molecule has 1 aromatic heterocycles. The van der Waals surface area contributed by atoms with Gasteiger partial charge in [0.2, 0.25) is 5.91 Å². The fraction of sp³-hybridized carbons (Fsp3) is 0.444. The molecule has 5 nitrogen and oxygen atoms in total. The van der Waals surface area contributed by atoms with E-state index in [9.17, 15) is 9.18 Å². The summed E-state index contributed by atoms with van der Waals surface area (Å²) in [6.45, 7) is 7.22. The Balaban J connectivity index is 1.65. The molecule has 1 N–H and O–H groups in total. The summed E-state index contributed by atoms with van der Waals surface area (Å²) in [6, 6.07) is 7.26. The molecule has 0 fully saturated rings. The molecule has 0 atom stereocenters. The predicted molar refractivity (Wildman–Crippen MR) is 89.6 cm³/mol. The molecule has 2 heterocycles. The van der Waals surface area contributed by atoms with Crippen molar-refractivity contribution < 1.29 is 9.18 Å². The van der Waals surface area contributed by atoms with E-state index in [2.05, 4.69) is 15.3 Å². The zero-order chi connectivity index (χ0) is 17.1. The Bertz CT molecular complexity index is 741. The number of hydrogen-bond donors (Lipinski definition) is 1. The summed E-state index contributed by atoms with van der Waals surface area (Å²) in [5.74, 6) is -0.125. The first kappa shape index (κ1) is 16.6. The number of nitrogens with zero attached hydrogens (tertiary/aromatic N) is 3. The van der Waals surface area contributed by atoms with Gasteiger partial charge in [0.1, 0.15) is 5.82 Å². The van der Waals surface area contributed by atoms with Crippen LogP contribution < -0.4 is 5.32 Å². The topological polar surface area (TPSA) is 50.2 Å². The van der Waals surface area contributed by atoms with Crippen molar-refractivity contribution in [2.45, 2.75) is 46.4 Å². The number of nitrogens with one attached hydrogen (secondary N) is 1. The van der Waals surface area contributed by atoms with Crippen LogP contribution in [0.1, 0.15) is 35.9 Å². The summed E-state index contributed by atoms with van der Waals surface area (Å²) in [6.07, 6.45) is 0.476. The van der Waals surface area contributed by atoms with Crippen LogP contribution in [0.4, 0.5) is 4.39 Å². The number of halogens is 1. The van der Waals surface area contributed by atoms with Gasteiger partial charge in [0.15, 0.2) is 0 Å². The maximum Gasteiger partial charge on any atom is 0.220 e. The van der Waals surface area contributed by atoms with Gasteiger partial charge >= 0.3 is 0 Å². The Labute approximate surface area is 141 Å². The standard InChI is InChI=1S/C18H23FN4O/c1-3-18(24)20-10-15-9-16-12-22(6-7-23(16)21-15)11-14-8-13(2)4-5-17(14)19/h4-5,8-9H,3,6-7,10-12H2,1-2H3,(H,20,24). The normalized spacial score (nSPS) is 14.5. The average Bonchev–Trinajstić information content (AvgIpc) is 2.98. The van der Waals surface area contributed by atoms with E-state index in [0.717, 1.165) is 42.1 Å². The van der Waals surface area contributed by atoms with Crippen molar-refractivity contribution in [2.24, 2.45) is 0 Å². The van der Waals surface area contributed by atoms with E-state index in [-0.39, 0.29) is 11.7 Å². The highest BCUT2D eigenvalue weighted by atomic mass is 19.1. The number of fused-ring (bicyclic) bond motifs is 1. The molecule has 3 rings (SSSR count). The molecule has 1 aliphatic rings. The molecule has 0 bridgehead atoms. The minimum Gasteiger partial charge on any atom is -0.350 e.